The minimum Gasteiger partial charge on any atom is -0.341 e. The lowest BCUT2D eigenvalue weighted by Gasteiger charge is -2.03. The molecule has 2 aromatic carbocycles. The van der Waals surface area contributed by atoms with Crippen LogP contribution in [0.1, 0.15) is 12.5 Å². The molecule has 0 aliphatic rings. The highest BCUT2D eigenvalue weighted by atomic mass is 15.1. The first kappa shape index (κ1) is 12.2. The van der Waals surface area contributed by atoms with E-state index in [2.05, 4.69) is 65.0 Å². The van der Waals surface area contributed by atoms with E-state index in [-0.39, 0.29) is 0 Å². The summed E-state index contributed by atoms with van der Waals surface area (Å²) in [7, 11) is 0. The third-order valence-corrected chi connectivity index (χ3v) is 4.15. The van der Waals surface area contributed by atoms with E-state index in [0.29, 0.717) is 0 Å². The van der Waals surface area contributed by atoms with Crippen molar-refractivity contribution in [2.75, 3.05) is 0 Å². The highest BCUT2D eigenvalue weighted by molar-refractivity contribution is 6.09. The summed E-state index contributed by atoms with van der Waals surface area (Å²) in [5.41, 5.74) is 6.13. The van der Waals surface area contributed by atoms with Gasteiger partial charge < -0.3 is 4.57 Å². The maximum atomic E-state index is 4.05. The maximum absolute atomic E-state index is 4.05. The molecule has 3 heteroatoms. The van der Waals surface area contributed by atoms with Crippen LogP contribution in [0.15, 0.2) is 48.7 Å². The van der Waals surface area contributed by atoms with Gasteiger partial charge in [-0.15, -0.1) is 0 Å². The average molecular weight is 275 g/mol. The van der Waals surface area contributed by atoms with Crippen molar-refractivity contribution in [3.63, 3.8) is 0 Å². The van der Waals surface area contributed by atoms with Crippen molar-refractivity contribution in [3.8, 4) is 11.3 Å². The van der Waals surface area contributed by atoms with Gasteiger partial charge in [0, 0.05) is 40.1 Å². The molecule has 0 atom stereocenters. The monoisotopic (exact) mass is 275 g/mol. The van der Waals surface area contributed by atoms with Crippen molar-refractivity contribution < 1.29 is 0 Å². The van der Waals surface area contributed by atoms with Crippen LogP contribution in [0, 0.1) is 6.92 Å². The van der Waals surface area contributed by atoms with Crippen molar-refractivity contribution in [1.82, 2.24) is 14.8 Å². The van der Waals surface area contributed by atoms with Crippen LogP contribution < -0.4 is 0 Å². The molecule has 1 N–H and O–H groups in total. The van der Waals surface area contributed by atoms with Crippen LogP contribution in [0.4, 0.5) is 0 Å². The Hall–Kier alpha value is -2.55. The number of aryl methyl sites for hydroxylation is 2. The third-order valence-electron chi connectivity index (χ3n) is 4.15. The molecule has 2 heterocycles. The van der Waals surface area contributed by atoms with E-state index in [0.717, 1.165) is 12.2 Å². The van der Waals surface area contributed by atoms with Gasteiger partial charge in [0.05, 0.1) is 5.69 Å². The van der Waals surface area contributed by atoms with Gasteiger partial charge in [0.15, 0.2) is 0 Å². The highest BCUT2D eigenvalue weighted by Gasteiger charge is 2.11. The van der Waals surface area contributed by atoms with Crippen LogP contribution in [0.25, 0.3) is 33.1 Å². The quantitative estimate of drug-likeness (QED) is 0.573. The molecule has 2 aromatic heterocycles. The average Bonchev–Trinajstić information content (AvgIpc) is 3.12. The van der Waals surface area contributed by atoms with Gasteiger partial charge in [-0.2, -0.15) is 5.10 Å². The molecule has 0 saturated heterocycles. The van der Waals surface area contributed by atoms with E-state index in [4.69, 9.17) is 0 Å². The molecule has 0 amide bonds. The van der Waals surface area contributed by atoms with Gasteiger partial charge in [0.2, 0.25) is 0 Å². The molecule has 0 bridgehead atoms. The van der Waals surface area contributed by atoms with Gasteiger partial charge >= 0.3 is 0 Å². The molecule has 104 valence electrons. The first-order valence-corrected chi connectivity index (χ1v) is 7.30. The second-order valence-corrected chi connectivity index (χ2v) is 5.47. The minimum absolute atomic E-state index is 0.979. The summed E-state index contributed by atoms with van der Waals surface area (Å²) >= 11 is 0. The van der Waals surface area contributed by atoms with Crippen LogP contribution >= 0.6 is 0 Å². The van der Waals surface area contributed by atoms with E-state index >= 15 is 0 Å². The first-order valence-electron chi connectivity index (χ1n) is 7.30. The van der Waals surface area contributed by atoms with Gasteiger partial charge in [-0.25, -0.2) is 0 Å². The van der Waals surface area contributed by atoms with Crippen LogP contribution in [0.2, 0.25) is 0 Å². The normalized spacial score (nSPS) is 11.5. The summed E-state index contributed by atoms with van der Waals surface area (Å²) in [6, 6.07) is 15.3. The number of nitrogens with one attached hydrogen (secondary N) is 1. The fourth-order valence-electron chi connectivity index (χ4n) is 3.14. The Bertz CT molecular complexity index is 930. The predicted molar refractivity (Wildman–Crippen MR) is 87.4 cm³/mol. The fourth-order valence-corrected chi connectivity index (χ4v) is 3.14. The van der Waals surface area contributed by atoms with Crippen LogP contribution in [-0.2, 0) is 6.54 Å². The summed E-state index contributed by atoms with van der Waals surface area (Å²) in [6.45, 7) is 5.32. The molecule has 0 aliphatic heterocycles. The molecule has 21 heavy (non-hydrogen) atoms. The van der Waals surface area contributed by atoms with Gasteiger partial charge in [0.25, 0.3) is 0 Å². The number of benzene rings is 2. The predicted octanol–water partition coefficient (Wildman–Crippen LogP) is 4.51. The molecular formula is C18H17N3. The van der Waals surface area contributed by atoms with E-state index in [9.17, 15) is 0 Å². The lowest BCUT2D eigenvalue weighted by atomic mass is 10.1. The summed E-state index contributed by atoms with van der Waals surface area (Å²) in [5, 5.41) is 9.72. The molecule has 0 radical (unpaired) electrons. The van der Waals surface area contributed by atoms with E-state index < -0.39 is 0 Å². The van der Waals surface area contributed by atoms with Crippen LogP contribution in [-0.4, -0.2) is 14.8 Å². The number of hydrogen-bond donors (Lipinski definition) is 1. The topological polar surface area (TPSA) is 33.6 Å². The smallest absolute Gasteiger partial charge is 0.0650 e. The van der Waals surface area contributed by atoms with Gasteiger partial charge in [-0.1, -0.05) is 17.7 Å². The standard InChI is InChI=1S/C18H17N3/c1-3-21-17-6-4-12(2)10-14(17)15-11-13(5-7-18(15)21)16-8-9-19-20-16/h4-11H,3H2,1-2H3,(H,19,20). The molecule has 4 aromatic rings. The summed E-state index contributed by atoms with van der Waals surface area (Å²) in [5.74, 6) is 0. The van der Waals surface area contributed by atoms with E-state index in [1.165, 1.54) is 32.9 Å². The second-order valence-electron chi connectivity index (χ2n) is 5.47. The fraction of sp³-hybridized carbons (Fsp3) is 0.167. The zero-order valence-electron chi connectivity index (χ0n) is 12.2. The van der Waals surface area contributed by atoms with Crippen molar-refractivity contribution in [2.24, 2.45) is 0 Å². The van der Waals surface area contributed by atoms with E-state index in [1.807, 2.05) is 6.07 Å². The zero-order valence-corrected chi connectivity index (χ0v) is 12.2. The molecule has 0 aliphatic carbocycles. The summed E-state index contributed by atoms with van der Waals surface area (Å²) in [4.78, 5) is 0. The molecule has 0 fully saturated rings. The molecular weight excluding hydrogens is 258 g/mol. The zero-order chi connectivity index (χ0) is 14.4. The number of hydrogen-bond acceptors (Lipinski definition) is 1. The number of nitrogens with zero attached hydrogens (tertiary/aromatic N) is 2. The Kier molecular flexibility index (Phi) is 2.61. The molecule has 0 saturated carbocycles. The van der Waals surface area contributed by atoms with Crippen molar-refractivity contribution in [2.45, 2.75) is 20.4 Å². The molecule has 0 spiro atoms. The molecule has 3 nitrogen and oxygen atoms in total. The number of H-pyrrole nitrogens is 1. The largest absolute Gasteiger partial charge is 0.341 e. The number of fused-ring (bicyclic) bond motifs is 3. The summed E-state index contributed by atoms with van der Waals surface area (Å²) < 4.78 is 2.38. The van der Waals surface area contributed by atoms with Gasteiger partial charge in [0.1, 0.15) is 0 Å². The van der Waals surface area contributed by atoms with Crippen LogP contribution in [0.3, 0.4) is 0 Å². The number of aromatic nitrogens is 3. The first-order chi connectivity index (χ1) is 10.3. The Balaban J connectivity index is 2.10. The van der Waals surface area contributed by atoms with Gasteiger partial charge in [-0.05, 0) is 44.2 Å². The Morgan fingerprint density at radius 3 is 2.48 bits per heavy atom. The lowest BCUT2D eigenvalue weighted by molar-refractivity contribution is 0.827. The maximum Gasteiger partial charge on any atom is 0.0650 e. The number of rotatable bonds is 2. The van der Waals surface area contributed by atoms with Crippen molar-refractivity contribution in [1.29, 1.82) is 0 Å². The molecule has 4 rings (SSSR count). The van der Waals surface area contributed by atoms with E-state index in [1.54, 1.807) is 6.20 Å². The Morgan fingerprint density at radius 1 is 1.00 bits per heavy atom. The Morgan fingerprint density at radius 2 is 1.76 bits per heavy atom. The van der Waals surface area contributed by atoms with Crippen molar-refractivity contribution in [3.05, 3.63) is 54.2 Å². The van der Waals surface area contributed by atoms with Crippen molar-refractivity contribution >= 4 is 21.8 Å². The van der Waals surface area contributed by atoms with Gasteiger partial charge in [-0.3, -0.25) is 5.10 Å². The molecule has 0 unspecified atom stereocenters. The second kappa shape index (κ2) is 4.48. The lowest BCUT2D eigenvalue weighted by Crippen LogP contribution is -1.92. The van der Waals surface area contributed by atoms with Crippen LogP contribution in [0.5, 0.6) is 0 Å². The minimum atomic E-state index is 0.979. The number of aromatic amines is 1. The summed E-state index contributed by atoms with van der Waals surface area (Å²) in [6.07, 6.45) is 1.79. The third kappa shape index (κ3) is 1.77. The SMILES string of the molecule is CCn1c2ccc(C)cc2c2cc(-c3ccn[nH]3)ccc21. The highest BCUT2D eigenvalue weighted by Crippen LogP contribution is 2.32. The Labute approximate surface area is 123 Å².